The number of halogens is 4. The maximum Gasteiger partial charge on any atom is 0.416 e. The zero-order valence-corrected chi connectivity index (χ0v) is 10.4. The number of hydrogen-bond acceptors (Lipinski definition) is 2. The Bertz CT molecular complexity index is 447. The van der Waals surface area contributed by atoms with E-state index in [1.807, 2.05) is 6.92 Å². The standard InChI is InChI=1S/C13H15F4NO/c1-8-9(4-5-19-8)7-18-12-3-2-10(6-11(12)14)13(15,16)17/h2-3,6,8-9,18H,4-5,7H2,1H3. The van der Waals surface area contributed by atoms with Crippen molar-refractivity contribution in [3.05, 3.63) is 29.6 Å². The van der Waals surface area contributed by atoms with Crippen LogP contribution < -0.4 is 5.32 Å². The third-order valence-electron chi connectivity index (χ3n) is 3.38. The van der Waals surface area contributed by atoms with Gasteiger partial charge in [-0.25, -0.2) is 4.39 Å². The van der Waals surface area contributed by atoms with E-state index in [0.717, 1.165) is 18.6 Å². The fourth-order valence-corrected chi connectivity index (χ4v) is 2.12. The van der Waals surface area contributed by atoms with Gasteiger partial charge in [0.2, 0.25) is 0 Å². The van der Waals surface area contributed by atoms with Crippen molar-refractivity contribution in [3.63, 3.8) is 0 Å². The van der Waals surface area contributed by atoms with Gasteiger partial charge in [0.25, 0.3) is 0 Å². The molecule has 0 aliphatic carbocycles. The lowest BCUT2D eigenvalue weighted by Crippen LogP contribution is -2.21. The average Bonchev–Trinajstić information content (AvgIpc) is 2.72. The van der Waals surface area contributed by atoms with Gasteiger partial charge in [0.15, 0.2) is 0 Å². The van der Waals surface area contributed by atoms with Crippen LogP contribution in [0.1, 0.15) is 18.9 Å². The first kappa shape index (κ1) is 14.1. The summed E-state index contributed by atoms with van der Waals surface area (Å²) in [5.41, 5.74) is -0.889. The second-order valence-corrected chi connectivity index (χ2v) is 4.70. The van der Waals surface area contributed by atoms with Crippen molar-refractivity contribution >= 4 is 5.69 Å². The molecule has 1 aliphatic heterocycles. The van der Waals surface area contributed by atoms with Gasteiger partial charge in [-0.3, -0.25) is 0 Å². The molecule has 106 valence electrons. The van der Waals surface area contributed by atoms with Gasteiger partial charge >= 0.3 is 6.18 Å². The van der Waals surface area contributed by atoms with Gasteiger partial charge in [0.1, 0.15) is 5.82 Å². The summed E-state index contributed by atoms with van der Waals surface area (Å²) in [4.78, 5) is 0. The minimum absolute atomic E-state index is 0.0880. The molecule has 0 bridgehead atoms. The first-order valence-electron chi connectivity index (χ1n) is 6.10. The van der Waals surface area contributed by atoms with Gasteiger partial charge in [-0.05, 0) is 31.5 Å². The highest BCUT2D eigenvalue weighted by molar-refractivity contribution is 5.46. The largest absolute Gasteiger partial charge is 0.416 e. The van der Waals surface area contributed by atoms with E-state index >= 15 is 0 Å². The Morgan fingerprint density at radius 3 is 2.63 bits per heavy atom. The molecule has 0 amide bonds. The first-order chi connectivity index (χ1) is 8.88. The summed E-state index contributed by atoms with van der Waals surface area (Å²) >= 11 is 0. The van der Waals surface area contributed by atoms with Gasteiger partial charge < -0.3 is 10.1 Å². The molecule has 0 aromatic heterocycles. The molecule has 2 unspecified atom stereocenters. The highest BCUT2D eigenvalue weighted by Gasteiger charge is 2.31. The highest BCUT2D eigenvalue weighted by atomic mass is 19.4. The highest BCUT2D eigenvalue weighted by Crippen LogP contribution is 2.31. The van der Waals surface area contributed by atoms with Crippen molar-refractivity contribution in [2.75, 3.05) is 18.5 Å². The molecular formula is C13H15F4NO. The van der Waals surface area contributed by atoms with E-state index in [2.05, 4.69) is 5.32 Å². The Balaban J connectivity index is 2.01. The Morgan fingerprint density at radius 2 is 2.11 bits per heavy atom. The predicted octanol–water partition coefficient (Wildman–Crippen LogP) is 3.68. The number of ether oxygens (including phenoxy) is 1. The SMILES string of the molecule is CC1OCCC1CNc1ccc(C(F)(F)F)cc1F. The Morgan fingerprint density at radius 1 is 1.37 bits per heavy atom. The van der Waals surface area contributed by atoms with Crippen molar-refractivity contribution < 1.29 is 22.3 Å². The summed E-state index contributed by atoms with van der Waals surface area (Å²) in [5, 5.41) is 2.84. The molecule has 2 atom stereocenters. The van der Waals surface area contributed by atoms with Crippen LogP contribution in [0.4, 0.5) is 23.2 Å². The lowest BCUT2D eigenvalue weighted by Gasteiger charge is -2.16. The zero-order chi connectivity index (χ0) is 14.0. The molecule has 1 aliphatic rings. The minimum Gasteiger partial charge on any atom is -0.382 e. The van der Waals surface area contributed by atoms with Crippen LogP contribution in [0, 0.1) is 11.7 Å². The molecule has 19 heavy (non-hydrogen) atoms. The summed E-state index contributed by atoms with van der Waals surface area (Å²) < 4.78 is 56.1. The second-order valence-electron chi connectivity index (χ2n) is 4.70. The molecule has 1 saturated heterocycles. The molecule has 2 nitrogen and oxygen atoms in total. The van der Waals surface area contributed by atoms with Gasteiger partial charge in [0.05, 0.1) is 17.4 Å². The Labute approximate surface area is 108 Å². The summed E-state index contributed by atoms with van der Waals surface area (Å²) in [7, 11) is 0. The first-order valence-corrected chi connectivity index (χ1v) is 6.10. The molecular weight excluding hydrogens is 262 g/mol. The van der Waals surface area contributed by atoms with Crippen molar-refractivity contribution in [3.8, 4) is 0 Å². The summed E-state index contributed by atoms with van der Waals surface area (Å²) in [5.74, 6) is -0.636. The quantitative estimate of drug-likeness (QED) is 0.851. The molecule has 1 aromatic carbocycles. The van der Waals surface area contributed by atoms with Crippen molar-refractivity contribution in [2.24, 2.45) is 5.92 Å². The Kier molecular flexibility index (Phi) is 3.99. The second kappa shape index (κ2) is 5.36. The number of benzene rings is 1. The third kappa shape index (κ3) is 3.37. The maximum absolute atomic E-state index is 13.6. The van der Waals surface area contributed by atoms with Crippen molar-refractivity contribution in [1.82, 2.24) is 0 Å². The summed E-state index contributed by atoms with van der Waals surface area (Å²) in [6.07, 6.45) is -3.56. The molecule has 6 heteroatoms. The molecule has 0 radical (unpaired) electrons. The molecule has 1 fully saturated rings. The van der Waals surface area contributed by atoms with Crippen LogP contribution in [-0.4, -0.2) is 19.3 Å². The van der Waals surface area contributed by atoms with E-state index in [0.29, 0.717) is 19.2 Å². The zero-order valence-electron chi connectivity index (χ0n) is 10.4. The normalized spacial score (nSPS) is 23.6. The lowest BCUT2D eigenvalue weighted by molar-refractivity contribution is -0.137. The van der Waals surface area contributed by atoms with Gasteiger partial charge in [0, 0.05) is 19.1 Å². The van der Waals surface area contributed by atoms with Crippen LogP contribution in [0.15, 0.2) is 18.2 Å². The van der Waals surface area contributed by atoms with Gasteiger partial charge in [-0.1, -0.05) is 0 Å². The third-order valence-corrected chi connectivity index (χ3v) is 3.38. The van der Waals surface area contributed by atoms with E-state index in [4.69, 9.17) is 4.74 Å². The topological polar surface area (TPSA) is 21.3 Å². The molecule has 1 aromatic rings. The number of anilines is 1. The van der Waals surface area contributed by atoms with Crippen LogP contribution in [0.5, 0.6) is 0 Å². The average molecular weight is 277 g/mol. The lowest BCUT2D eigenvalue weighted by atomic mass is 10.0. The van der Waals surface area contributed by atoms with E-state index < -0.39 is 17.6 Å². The van der Waals surface area contributed by atoms with Crippen LogP contribution in [0.2, 0.25) is 0 Å². The number of nitrogens with one attached hydrogen (secondary N) is 1. The van der Waals surface area contributed by atoms with Crippen LogP contribution in [0.3, 0.4) is 0 Å². The van der Waals surface area contributed by atoms with Gasteiger partial charge in [-0.2, -0.15) is 13.2 Å². The van der Waals surface area contributed by atoms with Crippen LogP contribution in [0.25, 0.3) is 0 Å². The number of hydrogen-bond donors (Lipinski definition) is 1. The number of alkyl halides is 3. The molecule has 1 N–H and O–H groups in total. The van der Waals surface area contributed by atoms with Crippen LogP contribution >= 0.6 is 0 Å². The van der Waals surface area contributed by atoms with Crippen molar-refractivity contribution in [1.29, 1.82) is 0 Å². The predicted molar refractivity (Wildman–Crippen MR) is 63.4 cm³/mol. The monoisotopic (exact) mass is 277 g/mol. The summed E-state index contributed by atoms with van der Waals surface area (Å²) in [6, 6.07) is 2.51. The van der Waals surface area contributed by atoms with E-state index in [1.165, 1.54) is 0 Å². The fourth-order valence-electron chi connectivity index (χ4n) is 2.12. The number of rotatable bonds is 3. The van der Waals surface area contributed by atoms with Crippen molar-refractivity contribution in [2.45, 2.75) is 25.6 Å². The minimum atomic E-state index is -4.52. The molecule has 2 rings (SSSR count). The summed E-state index contributed by atoms with van der Waals surface area (Å²) in [6.45, 7) is 3.09. The van der Waals surface area contributed by atoms with E-state index in [-0.39, 0.29) is 17.7 Å². The maximum atomic E-state index is 13.6. The van der Waals surface area contributed by atoms with Gasteiger partial charge in [-0.15, -0.1) is 0 Å². The molecule has 0 saturated carbocycles. The van der Waals surface area contributed by atoms with E-state index in [9.17, 15) is 17.6 Å². The Hall–Kier alpha value is -1.30. The van der Waals surface area contributed by atoms with E-state index in [1.54, 1.807) is 0 Å². The smallest absolute Gasteiger partial charge is 0.382 e. The van der Waals surface area contributed by atoms with Crippen LogP contribution in [-0.2, 0) is 10.9 Å². The molecule has 0 spiro atoms. The molecule has 1 heterocycles. The fraction of sp³-hybridized carbons (Fsp3) is 0.538.